The highest BCUT2D eigenvalue weighted by atomic mass is 16.6. The van der Waals surface area contributed by atoms with Gasteiger partial charge >= 0.3 is 6.09 Å². The molecule has 0 aromatic carbocycles. The standard InChI is InChI=1S/C12H19N3O2/c1-9(2)7-17-12(16)15-5-4-10-11(6-15)14(3)8-13-10/h8-9H,4-7H2,1-3H3. The van der Waals surface area contributed by atoms with Gasteiger partial charge in [0.2, 0.25) is 0 Å². The predicted molar refractivity (Wildman–Crippen MR) is 63.5 cm³/mol. The Morgan fingerprint density at radius 2 is 2.35 bits per heavy atom. The molecule has 0 bridgehead atoms. The summed E-state index contributed by atoms with van der Waals surface area (Å²) >= 11 is 0. The van der Waals surface area contributed by atoms with Crippen molar-refractivity contribution in [2.75, 3.05) is 13.2 Å². The number of ether oxygens (including phenoxy) is 1. The van der Waals surface area contributed by atoms with E-state index in [9.17, 15) is 4.79 Å². The van der Waals surface area contributed by atoms with E-state index in [0.29, 0.717) is 25.6 Å². The highest BCUT2D eigenvalue weighted by molar-refractivity contribution is 5.68. The van der Waals surface area contributed by atoms with E-state index < -0.39 is 0 Å². The Hall–Kier alpha value is -1.52. The van der Waals surface area contributed by atoms with E-state index >= 15 is 0 Å². The van der Waals surface area contributed by atoms with E-state index in [2.05, 4.69) is 4.98 Å². The number of carbonyl (C=O) groups is 1. The molecule has 1 amide bonds. The molecule has 0 fully saturated rings. The molecule has 0 unspecified atom stereocenters. The summed E-state index contributed by atoms with van der Waals surface area (Å²) in [6.07, 6.45) is 2.39. The van der Waals surface area contributed by atoms with Crippen LogP contribution >= 0.6 is 0 Å². The summed E-state index contributed by atoms with van der Waals surface area (Å²) in [7, 11) is 1.95. The van der Waals surface area contributed by atoms with Crippen molar-refractivity contribution in [1.82, 2.24) is 14.5 Å². The average molecular weight is 237 g/mol. The maximum Gasteiger partial charge on any atom is 0.410 e. The number of aromatic nitrogens is 2. The summed E-state index contributed by atoms with van der Waals surface area (Å²) in [5.41, 5.74) is 2.21. The average Bonchev–Trinajstić information content (AvgIpc) is 2.67. The molecule has 0 aliphatic carbocycles. The molecular weight excluding hydrogens is 218 g/mol. The maximum atomic E-state index is 11.8. The summed E-state index contributed by atoms with van der Waals surface area (Å²) in [6, 6.07) is 0. The van der Waals surface area contributed by atoms with Crippen LogP contribution in [0.3, 0.4) is 0 Å². The lowest BCUT2D eigenvalue weighted by Crippen LogP contribution is -2.37. The number of carbonyl (C=O) groups excluding carboxylic acids is 1. The topological polar surface area (TPSA) is 47.4 Å². The summed E-state index contributed by atoms with van der Waals surface area (Å²) < 4.78 is 7.20. The first kappa shape index (κ1) is 12.0. The molecule has 17 heavy (non-hydrogen) atoms. The number of amides is 1. The van der Waals surface area contributed by atoms with Crippen LogP contribution in [0, 0.1) is 5.92 Å². The van der Waals surface area contributed by atoms with E-state index in [1.807, 2.05) is 25.5 Å². The van der Waals surface area contributed by atoms with Gasteiger partial charge in [0, 0.05) is 20.0 Å². The van der Waals surface area contributed by atoms with Crippen LogP contribution < -0.4 is 0 Å². The van der Waals surface area contributed by atoms with Crippen LogP contribution in [-0.4, -0.2) is 33.7 Å². The molecule has 2 heterocycles. The van der Waals surface area contributed by atoms with Crippen molar-refractivity contribution in [3.05, 3.63) is 17.7 Å². The number of nitrogens with zero attached hydrogens (tertiary/aromatic N) is 3. The molecule has 0 atom stereocenters. The lowest BCUT2D eigenvalue weighted by molar-refractivity contribution is 0.0870. The van der Waals surface area contributed by atoms with Gasteiger partial charge in [-0.2, -0.15) is 0 Å². The van der Waals surface area contributed by atoms with E-state index in [4.69, 9.17) is 4.74 Å². The molecule has 1 aliphatic heterocycles. The summed E-state index contributed by atoms with van der Waals surface area (Å²) in [5, 5.41) is 0. The van der Waals surface area contributed by atoms with Crippen LogP contribution in [0.15, 0.2) is 6.33 Å². The molecule has 1 aromatic heterocycles. The molecule has 1 aromatic rings. The van der Waals surface area contributed by atoms with Gasteiger partial charge in [-0.15, -0.1) is 0 Å². The zero-order valence-electron chi connectivity index (χ0n) is 10.6. The summed E-state index contributed by atoms with van der Waals surface area (Å²) in [4.78, 5) is 17.9. The van der Waals surface area contributed by atoms with Crippen molar-refractivity contribution in [2.24, 2.45) is 13.0 Å². The molecule has 0 N–H and O–H groups in total. The minimum atomic E-state index is -0.217. The quantitative estimate of drug-likeness (QED) is 0.784. The Balaban J connectivity index is 1.97. The van der Waals surface area contributed by atoms with E-state index in [1.165, 1.54) is 0 Å². The second-order valence-electron chi connectivity index (χ2n) is 4.89. The van der Waals surface area contributed by atoms with Crippen molar-refractivity contribution in [1.29, 1.82) is 0 Å². The van der Waals surface area contributed by atoms with Crippen LogP contribution in [0.2, 0.25) is 0 Å². The normalized spacial score (nSPS) is 14.9. The Bertz CT molecular complexity index is 412. The molecule has 0 saturated heterocycles. The minimum Gasteiger partial charge on any atom is -0.449 e. The molecular formula is C12H19N3O2. The van der Waals surface area contributed by atoms with Crippen LogP contribution in [0.25, 0.3) is 0 Å². The second-order valence-corrected chi connectivity index (χ2v) is 4.89. The Labute approximate surface area is 101 Å². The van der Waals surface area contributed by atoms with Gasteiger partial charge in [0.1, 0.15) is 0 Å². The molecule has 5 heteroatoms. The van der Waals surface area contributed by atoms with Crippen molar-refractivity contribution in [3.8, 4) is 0 Å². The Morgan fingerprint density at radius 1 is 1.59 bits per heavy atom. The monoisotopic (exact) mass is 237 g/mol. The number of fused-ring (bicyclic) bond motifs is 1. The minimum absolute atomic E-state index is 0.217. The SMILES string of the molecule is CC(C)COC(=O)N1CCc2ncn(C)c2C1. The molecule has 0 spiro atoms. The van der Waals surface area contributed by atoms with Gasteiger partial charge in [0.05, 0.1) is 30.9 Å². The fourth-order valence-corrected chi connectivity index (χ4v) is 1.90. The van der Waals surface area contributed by atoms with Crippen molar-refractivity contribution >= 4 is 6.09 Å². The fraction of sp³-hybridized carbons (Fsp3) is 0.667. The number of hydrogen-bond acceptors (Lipinski definition) is 3. The van der Waals surface area contributed by atoms with Crippen molar-refractivity contribution in [3.63, 3.8) is 0 Å². The molecule has 94 valence electrons. The van der Waals surface area contributed by atoms with Gasteiger partial charge < -0.3 is 14.2 Å². The number of imidazole rings is 1. The fourth-order valence-electron chi connectivity index (χ4n) is 1.90. The maximum absolute atomic E-state index is 11.8. The van der Waals surface area contributed by atoms with Crippen molar-refractivity contribution < 1.29 is 9.53 Å². The number of hydrogen-bond donors (Lipinski definition) is 0. The first-order valence-electron chi connectivity index (χ1n) is 5.98. The smallest absolute Gasteiger partial charge is 0.410 e. The van der Waals surface area contributed by atoms with Gasteiger partial charge in [-0.25, -0.2) is 9.78 Å². The van der Waals surface area contributed by atoms with E-state index in [0.717, 1.165) is 17.8 Å². The zero-order chi connectivity index (χ0) is 12.4. The lowest BCUT2D eigenvalue weighted by atomic mass is 10.1. The zero-order valence-corrected chi connectivity index (χ0v) is 10.6. The van der Waals surface area contributed by atoms with Crippen LogP contribution in [0.1, 0.15) is 25.2 Å². The van der Waals surface area contributed by atoms with Gasteiger partial charge in [0.15, 0.2) is 0 Å². The number of rotatable bonds is 2. The lowest BCUT2D eigenvalue weighted by Gasteiger charge is -2.26. The Kier molecular flexibility index (Phi) is 3.36. The summed E-state index contributed by atoms with van der Waals surface area (Å²) in [6.45, 7) is 5.84. The highest BCUT2D eigenvalue weighted by Gasteiger charge is 2.24. The second kappa shape index (κ2) is 4.77. The van der Waals surface area contributed by atoms with Gasteiger partial charge in [-0.05, 0) is 5.92 Å². The van der Waals surface area contributed by atoms with Gasteiger partial charge in [0.25, 0.3) is 0 Å². The summed E-state index contributed by atoms with van der Waals surface area (Å²) in [5.74, 6) is 0.371. The van der Waals surface area contributed by atoms with Crippen LogP contribution in [-0.2, 0) is 24.8 Å². The molecule has 0 saturated carbocycles. The van der Waals surface area contributed by atoms with Gasteiger partial charge in [-0.3, -0.25) is 0 Å². The third kappa shape index (κ3) is 2.60. The van der Waals surface area contributed by atoms with Gasteiger partial charge in [-0.1, -0.05) is 13.8 Å². The van der Waals surface area contributed by atoms with Crippen LogP contribution in [0.5, 0.6) is 0 Å². The first-order valence-corrected chi connectivity index (χ1v) is 5.98. The molecule has 1 aliphatic rings. The largest absolute Gasteiger partial charge is 0.449 e. The van der Waals surface area contributed by atoms with E-state index in [-0.39, 0.29) is 6.09 Å². The van der Waals surface area contributed by atoms with Crippen LogP contribution in [0.4, 0.5) is 4.79 Å². The van der Waals surface area contributed by atoms with E-state index in [1.54, 1.807) is 11.2 Å². The molecule has 5 nitrogen and oxygen atoms in total. The van der Waals surface area contributed by atoms with Crippen molar-refractivity contribution in [2.45, 2.75) is 26.8 Å². The highest BCUT2D eigenvalue weighted by Crippen LogP contribution is 2.17. The molecule has 0 radical (unpaired) electrons. The first-order chi connectivity index (χ1) is 8.08. The number of aryl methyl sites for hydroxylation is 1. The predicted octanol–water partition coefficient (Wildman–Crippen LogP) is 1.57. The third-order valence-electron chi connectivity index (χ3n) is 2.90. The Morgan fingerprint density at radius 3 is 3.06 bits per heavy atom. The third-order valence-corrected chi connectivity index (χ3v) is 2.90. The molecule has 2 rings (SSSR count).